The van der Waals surface area contributed by atoms with Gasteiger partial charge in [0.05, 0.1) is 0 Å². The van der Waals surface area contributed by atoms with Gasteiger partial charge in [0.1, 0.15) is 0 Å². The maximum atomic E-state index is 3.53. The van der Waals surface area contributed by atoms with Gasteiger partial charge in [-0.2, -0.15) is 0 Å². The Hall–Kier alpha value is -0.720. The molecule has 66 valence electrons. The van der Waals surface area contributed by atoms with Crippen molar-refractivity contribution in [3.8, 4) is 0 Å². The molecule has 0 unspecified atom stereocenters. The van der Waals surface area contributed by atoms with Crippen molar-refractivity contribution in [2.24, 2.45) is 0 Å². The van der Waals surface area contributed by atoms with Crippen molar-refractivity contribution in [1.29, 1.82) is 0 Å². The number of hydrogen-bond acceptors (Lipinski definition) is 0. The van der Waals surface area contributed by atoms with Gasteiger partial charge in [-0.25, -0.2) is 0 Å². The molecule has 0 spiro atoms. The summed E-state index contributed by atoms with van der Waals surface area (Å²) in [6, 6.07) is 2.35. The molecule has 2 rings (SSSR count). The van der Waals surface area contributed by atoms with E-state index in [1.165, 1.54) is 30.7 Å². The number of rotatable bonds is 0. The molecule has 1 nitrogen and oxygen atoms in total. The molecule has 1 heteroatoms. The number of nitrogens with one attached hydrogen (secondary N) is 1. The average molecular weight is 163 g/mol. The molecule has 0 atom stereocenters. The predicted molar refractivity (Wildman–Crippen MR) is 51.5 cm³/mol. The highest BCUT2D eigenvalue weighted by Crippen LogP contribution is 2.28. The summed E-state index contributed by atoms with van der Waals surface area (Å²) in [6.07, 6.45) is 3.87. The first kappa shape index (κ1) is 7.90. The van der Waals surface area contributed by atoms with Gasteiger partial charge >= 0.3 is 0 Å². The fraction of sp³-hybridized carbons (Fsp3) is 0.636. The van der Waals surface area contributed by atoms with Crippen LogP contribution >= 0.6 is 0 Å². The minimum Gasteiger partial charge on any atom is -0.362 e. The fourth-order valence-corrected chi connectivity index (χ4v) is 1.85. The van der Waals surface area contributed by atoms with Gasteiger partial charge in [0.15, 0.2) is 0 Å². The first-order chi connectivity index (χ1) is 5.57. The monoisotopic (exact) mass is 163 g/mol. The molecule has 1 aromatic rings. The third-order valence-corrected chi connectivity index (χ3v) is 2.67. The molecule has 0 aliphatic heterocycles. The number of aromatic nitrogens is 1. The lowest BCUT2D eigenvalue weighted by molar-refractivity contribution is 0.570. The van der Waals surface area contributed by atoms with Crippen LogP contribution in [0.15, 0.2) is 6.07 Å². The molecule has 0 fully saturated rings. The van der Waals surface area contributed by atoms with Crippen LogP contribution in [0.2, 0.25) is 0 Å². The van der Waals surface area contributed by atoms with Gasteiger partial charge in [0, 0.05) is 16.8 Å². The third-order valence-electron chi connectivity index (χ3n) is 2.67. The Balaban J connectivity index is 2.38. The molecule has 1 aromatic heterocycles. The van der Waals surface area contributed by atoms with E-state index in [2.05, 4.69) is 31.8 Å². The van der Waals surface area contributed by atoms with Crippen LogP contribution in [-0.4, -0.2) is 4.98 Å². The molecule has 0 saturated carbocycles. The van der Waals surface area contributed by atoms with Crippen LogP contribution in [0, 0.1) is 0 Å². The molecule has 1 aliphatic rings. The van der Waals surface area contributed by atoms with Crippen molar-refractivity contribution in [1.82, 2.24) is 4.98 Å². The lowest BCUT2D eigenvalue weighted by atomic mass is 9.92. The summed E-state index contributed by atoms with van der Waals surface area (Å²) in [5.74, 6) is 0. The Morgan fingerprint density at radius 2 is 2.00 bits per heavy atom. The highest BCUT2D eigenvalue weighted by molar-refractivity contribution is 5.32. The second kappa shape index (κ2) is 2.38. The van der Waals surface area contributed by atoms with E-state index in [1.54, 1.807) is 5.56 Å². The summed E-state index contributed by atoms with van der Waals surface area (Å²) in [7, 11) is 0. The zero-order valence-corrected chi connectivity index (χ0v) is 8.20. The van der Waals surface area contributed by atoms with Crippen molar-refractivity contribution in [2.45, 2.75) is 45.4 Å². The highest BCUT2D eigenvalue weighted by Gasteiger charge is 2.20. The molecule has 0 amide bonds. The lowest BCUT2D eigenvalue weighted by Crippen LogP contribution is -2.11. The van der Waals surface area contributed by atoms with Crippen LogP contribution in [0.1, 0.15) is 44.1 Å². The molecule has 0 saturated heterocycles. The second-order valence-corrected chi connectivity index (χ2v) is 4.79. The smallest absolute Gasteiger partial charge is 0.0206 e. The maximum Gasteiger partial charge on any atom is 0.0206 e. The zero-order valence-electron chi connectivity index (χ0n) is 8.20. The summed E-state index contributed by atoms with van der Waals surface area (Å²) in [6.45, 7) is 6.77. The number of fused-ring (bicyclic) bond motifs is 1. The lowest BCUT2D eigenvalue weighted by Gasteiger charge is -2.16. The minimum absolute atomic E-state index is 0.282. The Morgan fingerprint density at radius 1 is 1.25 bits per heavy atom. The molecule has 1 aliphatic carbocycles. The quantitative estimate of drug-likeness (QED) is 0.605. The van der Waals surface area contributed by atoms with Crippen LogP contribution in [0.25, 0.3) is 0 Å². The van der Waals surface area contributed by atoms with E-state index >= 15 is 0 Å². The summed E-state index contributed by atoms with van der Waals surface area (Å²) in [5, 5.41) is 0. The number of H-pyrrole nitrogens is 1. The Kier molecular flexibility index (Phi) is 1.57. The summed E-state index contributed by atoms with van der Waals surface area (Å²) < 4.78 is 0. The van der Waals surface area contributed by atoms with Crippen molar-refractivity contribution in [3.63, 3.8) is 0 Å². The van der Waals surface area contributed by atoms with Gasteiger partial charge < -0.3 is 4.98 Å². The zero-order chi connectivity index (χ0) is 8.77. The second-order valence-electron chi connectivity index (χ2n) is 4.79. The van der Waals surface area contributed by atoms with E-state index in [-0.39, 0.29) is 5.41 Å². The highest BCUT2D eigenvalue weighted by atomic mass is 14.8. The Morgan fingerprint density at radius 3 is 2.58 bits per heavy atom. The van der Waals surface area contributed by atoms with Crippen molar-refractivity contribution < 1.29 is 0 Å². The van der Waals surface area contributed by atoms with Crippen LogP contribution in [0.4, 0.5) is 0 Å². The van der Waals surface area contributed by atoms with Crippen LogP contribution < -0.4 is 0 Å². The molecule has 0 radical (unpaired) electrons. The molecular weight excluding hydrogens is 146 g/mol. The molecule has 1 N–H and O–H groups in total. The molecule has 0 aromatic carbocycles. The van der Waals surface area contributed by atoms with Crippen molar-refractivity contribution >= 4 is 0 Å². The van der Waals surface area contributed by atoms with Gasteiger partial charge in [0.2, 0.25) is 0 Å². The minimum atomic E-state index is 0.282. The SMILES string of the molecule is CC(C)(C)c1cc2c([nH]1)CCC2. The Bertz CT molecular complexity index is 267. The van der Waals surface area contributed by atoms with E-state index in [9.17, 15) is 0 Å². The van der Waals surface area contributed by atoms with E-state index in [4.69, 9.17) is 0 Å². The summed E-state index contributed by atoms with van der Waals surface area (Å²) in [4.78, 5) is 3.53. The van der Waals surface area contributed by atoms with Crippen molar-refractivity contribution in [2.75, 3.05) is 0 Å². The van der Waals surface area contributed by atoms with E-state index < -0.39 is 0 Å². The average Bonchev–Trinajstić information content (AvgIpc) is 2.37. The maximum absolute atomic E-state index is 3.53. The van der Waals surface area contributed by atoms with Gasteiger partial charge in [-0.15, -0.1) is 0 Å². The van der Waals surface area contributed by atoms with Gasteiger partial charge in [0.25, 0.3) is 0 Å². The topological polar surface area (TPSA) is 15.8 Å². The normalized spacial score (nSPS) is 16.6. The largest absolute Gasteiger partial charge is 0.362 e. The van der Waals surface area contributed by atoms with Gasteiger partial charge in [-0.05, 0) is 30.9 Å². The molecular formula is C11H17N. The first-order valence-corrected chi connectivity index (χ1v) is 4.78. The molecule has 12 heavy (non-hydrogen) atoms. The first-order valence-electron chi connectivity index (χ1n) is 4.78. The summed E-state index contributed by atoms with van der Waals surface area (Å²) >= 11 is 0. The predicted octanol–water partition coefficient (Wildman–Crippen LogP) is 2.80. The number of aryl methyl sites for hydroxylation is 2. The van der Waals surface area contributed by atoms with Crippen LogP contribution in [0.3, 0.4) is 0 Å². The fourth-order valence-electron chi connectivity index (χ4n) is 1.85. The Labute approximate surface area is 74.2 Å². The number of aromatic amines is 1. The van der Waals surface area contributed by atoms with Crippen LogP contribution in [-0.2, 0) is 18.3 Å². The number of hydrogen-bond donors (Lipinski definition) is 1. The third kappa shape index (κ3) is 1.17. The summed E-state index contributed by atoms with van der Waals surface area (Å²) in [5.41, 5.74) is 4.72. The molecule has 1 heterocycles. The van der Waals surface area contributed by atoms with Gasteiger partial charge in [-0.1, -0.05) is 20.8 Å². The van der Waals surface area contributed by atoms with E-state index in [0.29, 0.717) is 0 Å². The van der Waals surface area contributed by atoms with Crippen LogP contribution in [0.5, 0.6) is 0 Å². The van der Waals surface area contributed by atoms with E-state index in [0.717, 1.165) is 0 Å². The van der Waals surface area contributed by atoms with E-state index in [1.807, 2.05) is 0 Å². The van der Waals surface area contributed by atoms with Gasteiger partial charge in [-0.3, -0.25) is 0 Å². The molecule has 0 bridgehead atoms. The van der Waals surface area contributed by atoms with Crippen molar-refractivity contribution in [3.05, 3.63) is 23.0 Å². The standard InChI is InChI=1S/C11H17N/c1-11(2,3)10-7-8-5-4-6-9(8)12-10/h7,12H,4-6H2,1-3H3.